The van der Waals surface area contributed by atoms with Crippen molar-refractivity contribution >= 4 is 11.8 Å². The zero-order chi connectivity index (χ0) is 10.6. The van der Waals surface area contributed by atoms with Gasteiger partial charge in [0.05, 0.1) is 5.92 Å². The molecular formula is C10H18O3. The van der Waals surface area contributed by atoms with Crippen molar-refractivity contribution in [3.05, 3.63) is 0 Å². The number of carbonyl (C=O) groups is 2. The highest BCUT2D eigenvalue weighted by molar-refractivity contribution is 5.78. The van der Waals surface area contributed by atoms with Gasteiger partial charge in [-0.15, -0.1) is 0 Å². The fraction of sp³-hybridized carbons (Fsp3) is 0.800. The summed E-state index contributed by atoms with van der Waals surface area (Å²) in [5.74, 6) is -1.01. The molecule has 0 radical (unpaired) electrons. The minimum absolute atomic E-state index is 0.0307. The van der Waals surface area contributed by atoms with E-state index in [1.807, 2.05) is 13.8 Å². The van der Waals surface area contributed by atoms with E-state index in [0.717, 1.165) is 0 Å². The van der Waals surface area contributed by atoms with Crippen molar-refractivity contribution in [3.8, 4) is 0 Å². The number of carboxylic acids is 1. The van der Waals surface area contributed by atoms with Gasteiger partial charge in [0.15, 0.2) is 0 Å². The third kappa shape index (κ3) is 4.06. The molecular weight excluding hydrogens is 168 g/mol. The van der Waals surface area contributed by atoms with Crippen LogP contribution in [0.5, 0.6) is 0 Å². The molecule has 0 spiro atoms. The van der Waals surface area contributed by atoms with E-state index in [0.29, 0.717) is 6.42 Å². The molecule has 3 heteroatoms. The van der Waals surface area contributed by atoms with Crippen LogP contribution in [0.2, 0.25) is 0 Å². The Hall–Kier alpha value is -0.860. The van der Waals surface area contributed by atoms with Crippen LogP contribution in [0.15, 0.2) is 0 Å². The minimum Gasteiger partial charge on any atom is -0.481 e. The molecule has 13 heavy (non-hydrogen) atoms. The van der Waals surface area contributed by atoms with Crippen LogP contribution in [0.1, 0.15) is 34.1 Å². The molecule has 0 aliphatic heterocycles. The van der Waals surface area contributed by atoms with Gasteiger partial charge in [-0.2, -0.15) is 0 Å². The topological polar surface area (TPSA) is 54.4 Å². The SMILES string of the molecule is CC(=O)C(C)CC(C)C(C)C(=O)O. The van der Waals surface area contributed by atoms with E-state index in [-0.39, 0.29) is 23.5 Å². The fourth-order valence-corrected chi connectivity index (χ4v) is 1.17. The Morgan fingerprint density at radius 3 is 2.00 bits per heavy atom. The Morgan fingerprint density at radius 2 is 1.69 bits per heavy atom. The molecule has 0 saturated heterocycles. The first-order valence-electron chi connectivity index (χ1n) is 4.59. The average Bonchev–Trinajstić information content (AvgIpc) is 2.02. The molecule has 0 aromatic rings. The lowest BCUT2D eigenvalue weighted by molar-refractivity contribution is -0.143. The quantitative estimate of drug-likeness (QED) is 0.714. The maximum atomic E-state index is 10.9. The van der Waals surface area contributed by atoms with E-state index in [9.17, 15) is 9.59 Å². The highest BCUT2D eigenvalue weighted by atomic mass is 16.4. The molecule has 0 aliphatic rings. The van der Waals surface area contributed by atoms with E-state index in [4.69, 9.17) is 5.11 Å². The zero-order valence-corrected chi connectivity index (χ0v) is 8.70. The van der Waals surface area contributed by atoms with Crippen molar-refractivity contribution in [1.82, 2.24) is 0 Å². The molecule has 0 bridgehead atoms. The Balaban J connectivity index is 4.06. The number of hydrogen-bond donors (Lipinski definition) is 1. The maximum absolute atomic E-state index is 10.9. The van der Waals surface area contributed by atoms with Crippen LogP contribution in [0.3, 0.4) is 0 Å². The number of aliphatic carboxylic acids is 1. The summed E-state index contributed by atoms with van der Waals surface area (Å²) in [4.78, 5) is 21.5. The van der Waals surface area contributed by atoms with Crippen molar-refractivity contribution in [3.63, 3.8) is 0 Å². The van der Waals surface area contributed by atoms with Crippen LogP contribution in [0.4, 0.5) is 0 Å². The lowest BCUT2D eigenvalue weighted by Gasteiger charge is -2.18. The molecule has 0 aromatic carbocycles. The highest BCUT2D eigenvalue weighted by Gasteiger charge is 2.22. The van der Waals surface area contributed by atoms with Crippen LogP contribution in [0, 0.1) is 17.8 Å². The Morgan fingerprint density at radius 1 is 1.23 bits per heavy atom. The van der Waals surface area contributed by atoms with Gasteiger partial charge in [-0.25, -0.2) is 0 Å². The number of carbonyl (C=O) groups excluding carboxylic acids is 1. The number of rotatable bonds is 5. The molecule has 0 saturated carbocycles. The van der Waals surface area contributed by atoms with Crippen LogP contribution in [0.25, 0.3) is 0 Å². The van der Waals surface area contributed by atoms with E-state index in [1.165, 1.54) is 0 Å². The smallest absolute Gasteiger partial charge is 0.306 e. The predicted molar refractivity (Wildman–Crippen MR) is 50.4 cm³/mol. The molecule has 3 atom stereocenters. The number of ketones is 1. The molecule has 3 unspecified atom stereocenters. The van der Waals surface area contributed by atoms with Gasteiger partial charge in [0.2, 0.25) is 0 Å². The van der Waals surface area contributed by atoms with Crippen molar-refractivity contribution in [2.45, 2.75) is 34.1 Å². The van der Waals surface area contributed by atoms with E-state index < -0.39 is 5.97 Å². The summed E-state index contributed by atoms with van der Waals surface area (Å²) < 4.78 is 0. The average molecular weight is 186 g/mol. The second-order valence-corrected chi connectivity index (χ2v) is 3.85. The largest absolute Gasteiger partial charge is 0.481 e. The van der Waals surface area contributed by atoms with Crippen LogP contribution >= 0.6 is 0 Å². The second kappa shape index (κ2) is 5.00. The lowest BCUT2D eigenvalue weighted by atomic mass is 9.86. The number of carboxylic acid groups (broad SMARTS) is 1. The first kappa shape index (κ1) is 12.1. The van der Waals surface area contributed by atoms with Crippen LogP contribution < -0.4 is 0 Å². The van der Waals surface area contributed by atoms with E-state index in [2.05, 4.69) is 0 Å². The predicted octanol–water partition coefficient (Wildman–Crippen LogP) is 1.96. The van der Waals surface area contributed by atoms with Gasteiger partial charge in [-0.05, 0) is 19.3 Å². The molecule has 0 aliphatic carbocycles. The van der Waals surface area contributed by atoms with Gasteiger partial charge in [-0.3, -0.25) is 9.59 Å². The van der Waals surface area contributed by atoms with E-state index in [1.54, 1.807) is 13.8 Å². The molecule has 76 valence electrons. The zero-order valence-electron chi connectivity index (χ0n) is 8.70. The fourth-order valence-electron chi connectivity index (χ4n) is 1.17. The van der Waals surface area contributed by atoms with Gasteiger partial charge in [0.25, 0.3) is 0 Å². The third-order valence-corrected chi connectivity index (χ3v) is 2.66. The summed E-state index contributed by atoms with van der Waals surface area (Å²) in [6.45, 7) is 6.94. The standard InChI is InChI=1S/C10H18O3/c1-6(8(3)10(12)13)5-7(2)9(4)11/h6-8H,5H2,1-4H3,(H,12,13). The van der Waals surface area contributed by atoms with Gasteiger partial charge in [-0.1, -0.05) is 20.8 Å². The summed E-state index contributed by atoms with van der Waals surface area (Å²) in [6.07, 6.45) is 0.656. The van der Waals surface area contributed by atoms with Crippen molar-refractivity contribution in [2.24, 2.45) is 17.8 Å². The van der Waals surface area contributed by atoms with Crippen molar-refractivity contribution < 1.29 is 14.7 Å². The molecule has 1 N–H and O–H groups in total. The van der Waals surface area contributed by atoms with Crippen LogP contribution in [-0.4, -0.2) is 16.9 Å². The molecule has 0 heterocycles. The number of Topliss-reactive ketones (excluding diaryl/α,β-unsaturated/α-hetero) is 1. The molecule has 0 amide bonds. The first-order chi connectivity index (χ1) is 5.86. The maximum Gasteiger partial charge on any atom is 0.306 e. The van der Waals surface area contributed by atoms with Crippen LogP contribution in [-0.2, 0) is 9.59 Å². The molecule has 0 aromatic heterocycles. The summed E-state index contributed by atoms with van der Waals surface area (Å²) in [5, 5.41) is 8.72. The summed E-state index contributed by atoms with van der Waals surface area (Å²) in [6, 6.07) is 0. The van der Waals surface area contributed by atoms with Gasteiger partial charge < -0.3 is 5.11 Å². The normalized spacial score (nSPS) is 17.5. The lowest BCUT2D eigenvalue weighted by Crippen LogP contribution is -2.21. The third-order valence-electron chi connectivity index (χ3n) is 2.66. The van der Waals surface area contributed by atoms with E-state index >= 15 is 0 Å². The molecule has 3 nitrogen and oxygen atoms in total. The summed E-state index contributed by atoms with van der Waals surface area (Å²) >= 11 is 0. The van der Waals surface area contributed by atoms with Gasteiger partial charge in [0.1, 0.15) is 5.78 Å². The van der Waals surface area contributed by atoms with Crippen molar-refractivity contribution in [2.75, 3.05) is 0 Å². The van der Waals surface area contributed by atoms with Gasteiger partial charge in [0, 0.05) is 5.92 Å². The number of hydrogen-bond acceptors (Lipinski definition) is 2. The molecule has 0 fully saturated rings. The first-order valence-corrected chi connectivity index (χ1v) is 4.59. The Bertz CT molecular complexity index is 198. The minimum atomic E-state index is -0.789. The summed E-state index contributed by atoms with van der Waals surface area (Å²) in [7, 11) is 0. The van der Waals surface area contributed by atoms with Gasteiger partial charge >= 0.3 is 5.97 Å². The highest BCUT2D eigenvalue weighted by Crippen LogP contribution is 2.20. The second-order valence-electron chi connectivity index (χ2n) is 3.85. The van der Waals surface area contributed by atoms with Crippen molar-refractivity contribution in [1.29, 1.82) is 0 Å². The molecule has 0 rings (SSSR count). The Labute approximate surface area is 79.1 Å². The Kier molecular flexibility index (Phi) is 4.67. The monoisotopic (exact) mass is 186 g/mol. The summed E-state index contributed by atoms with van der Waals surface area (Å²) in [5.41, 5.74) is 0.